The molecule has 1 aliphatic rings. The van der Waals surface area contributed by atoms with Gasteiger partial charge in [-0.1, -0.05) is 0 Å². The fraction of sp³-hybridized carbons (Fsp3) is 0.714. The van der Waals surface area contributed by atoms with Gasteiger partial charge in [-0.25, -0.2) is 0 Å². The smallest absolute Gasteiger partial charge is 0.327 e. The zero-order valence-electron chi connectivity index (χ0n) is 6.55. The molecule has 0 spiro atoms. The molecule has 1 aliphatic carbocycles. The average Bonchev–Trinajstić information content (AvgIpc) is 2.56. The number of nitrogens with zero attached hydrogens (tertiary/aromatic N) is 1. The van der Waals surface area contributed by atoms with E-state index >= 15 is 0 Å². The lowest BCUT2D eigenvalue weighted by molar-refractivity contribution is -0.144. The molecule has 2 N–H and O–H groups in total. The van der Waals surface area contributed by atoms with Gasteiger partial charge in [-0.3, -0.25) is 4.79 Å². The van der Waals surface area contributed by atoms with Crippen LogP contribution >= 0.6 is 0 Å². The number of hydrogen-bond acceptors (Lipinski definition) is 4. The van der Waals surface area contributed by atoms with E-state index in [1.54, 1.807) is 6.92 Å². The van der Waals surface area contributed by atoms with Gasteiger partial charge in [-0.15, -0.1) is 0 Å². The number of esters is 1. The van der Waals surface area contributed by atoms with E-state index in [-0.39, 0.29) is 0 Å². The van der Waals surface area contributed by atoms with Crippen LogP contribution in [0.3, 0.4) is 0 Å². The summed E-state index contributed by atoms with van der Waals surface area (Å²) in [4.78, 5) is 11.0. The molecule has 0 aromatic carbocycles. The van der Waals surface area contributed by atoms with E-state index in [1.807, 2.05) is 6.07 Å². The highest BCUT2D eigenvalue weighted by molar-refractivity contribution is 5.87. The van der Waals surface area contributed by atoms with Crippen LogP contribution in [0.5, 0.6) is 0 Å². The molecule has 0 aromatic heterocycles. The fourth-order valence-electron chi connectivity index (χ4n) is 1.13. The summed E-state index contributed by atoms with van der Waals surface area (Å²) in [5.74, 6) is -0.499. The molecule has 1 fully saturated rings. The Labute approximate surface area is 64.9 Å². The predicted molar refractivity (Wildman–Crippen MR) is 37.3 cm³/mol. The van der Waals surface area contributed by atoms with Crippen LogP contribution in [0.1, 0.15) is 13.3 Å². The quantitative estimate of drug-likeness (QED) is 0.530. The Kier molecular flexibility index (Phi) is 1.43. The summed E-state index contributed by atoms with van der Waals surface area (Å²) in [5, 5.41) is 8.61. The van der Waals surface area contributed by atoms with E-state index in [0.29, 0.717) is 6.42 Å². The Balaban J connectivity index is 2.79. The van der Waals surface area contributed by atoms with Crippen molar-refractivity contribution in [2.45, 2.75) is 18.9 Å². The maximum atomic E-state index is 11.0. The van der Waals surface area contributed by atoms with E-state index in [0.717, 1.165) is 0 Å². The van der Waals surface area contributed by atoms with Gasteiger partial charge in [0.2, 0.25) is 0 Å². The van der Waals surface area contributed by atoms with Gasteiger partial charge in [0.15, 0.2) is 0 Å². The van der Waals surface area contributed by atoms with Crippen LogP contribution in [0.15, 0.2) is 0 Å². The number of carbonyl (C=O) groups is 1. The van der Waals surface area contributed by atoms with Crippen LogP contribution in [0, 0.1) is 16.7 Å². The lowest BCUT2D eigenvalue weighted by Gasteiger charge is -2.08. The highest BCUT2D eigenvalue weighted by Gasteiger charge is 2.69. The molecular weight excluding hydrogens is 144 g/mol. The van der Waals surface area contributed by atoms with Crippen molar-refractivity contribution in [2.75, 3.05) is 7.11 Å². The van der Waals surface area contributed by atoms with Crippen molar-refractivity contribution in [1.82, 2.24) is 0 Å². The lowest BCUT2D eigenvalue weighted by atomic mass is 10.1. The van der Waals surface area contributed by atoms with Crippen molar-refractivity contribution < 1.29 is 9.53 Å². The van der Waals surface area contributed by atoms with Crippen molar-refractivity contribution in [3.63, 3.8) is 0 Å². The Morgan fingerprint density at radius 1 is 1.82 bits per heavy atom. The van der Waals surface area contributed by atoms with Crippen molar-refractivity contribution in [2.24, 2.45) is 11.1 Å². The van der Waals surface area contributed by atoms with E-state index < -0.39 is 16.9 Å². The molecule has 11 heavy (non-hydrogen) atoms. The third-order valence-electron chi connectivity index (χ3n) is 2.29. The minimum atomic E-state index is -1.06. The van der Waals surface area contributed by atoms with Crippen LogP contribution in [0.2, 0.25) is 0 Å². The Morgan fingerprint density at radius 3 is 2.64 bits per heavy atom. The molecule has 0 saturated heterocycles. The molecule has 0 bridgehead atoms. The molecule has 0 aromatic rings. The van der Waals surface area contributed by atoms with Crippen LogP contribution in [0.25, 0.3) is 0 Å². The Morgan fingerprint density at radius 2 is 2.36 bits per heavy atom. The second-order valence-electron chi connectivity index (χ2n) is 3.08. The monoisotopic (exact) mass is 154 g/mol. The van der Waals surface area contributed by atoms with E-state index in [9.17, 15) is 4.79 Å². The number of carbonyl (C=O) groups excluding carboxylic acids is 1. The molecule has 0 aliphatic heterocycles. The topological polar surface area (TPSA) is 76.1 Å². The first-order chi connectivity index (χ1) is 5.00. The standard InChI is InChI=1S/C7H10N2O2/c1-6(4-8)3-7(6,9)5(10)11-2/h3,9H2,1-2H3. The number of ether oxygens (including phenoxy) is 1. The number of methoxy groups -OCH3 is 1. The van der Waals surface area contributed by atoms with Gasteiger partial charge in [0.25, 0.3) is 0 Å². The molecule has 4 nitrogen and oxygen atoms in total. The normalized spacial score (nSPS) is 40.9. The number of rotatable bonds is 1. The number of nitrogens with two attached hydrogens (primary N) is 1. The largest absolute Gasteiger partial charge is 0.468 e. The van der Waals surface area contributed by atoms with Gasteiger partial charge in [0, 0.05) is 0 Å². The molecule has 1 saturated carbocycles. The predicted octanol–water partition coefficient (Wildman–Crippen LogP) is -0.210. The summed E-state index contributed by atoms with van der Waals surface area (Å²) in [6, 6.07) is 2.00. The van der Waals surface area contributed by atoms with Crippen molar-refractivity contribution in [1.29, 1.82) is 5.26 Å². The molecule has 2 atom stereocenters. The first-order valence-electron chi connectivity index (χ1n) is 3.29. The van der Waals surface area contributed by atoms with Gasteiger partial charge in [0.1, 0.15) is 5.54 Å². The van der Waals surface area contributed by atoms with Crippen LogP contribution in [0.4, 0.5) is 0 Å². The zero-order valence-corrected chi connectivity index (χ0v) is 6.55. The minimum absolute atomic E-state index is 0.392. The highest BCUT2D eigenvalue weighted by Crippen LogP contribution is 2.54. The summed E-state index contributed by atoms with van der Waals surface area (Å²) in [5.41, 5.74) is 3.81. The molecule has 1 rings (SSSR count). The summed E-state index contributed by atoms with van der Waals surface area (Å²) < 4.78 is 4.46. The van der Waals surface area contributed by atoms with E-state index in [2.05, 4.69) is 4.74 Å². The van der Waals surface area contributed by atoms with Crippen molar-refractivity contribution >= 4 is 5.97 Å². The van der Waals surface area contributed by atoms with Gasteiger partial charge in [0.05, 0.1) is 18.6 Å². The molecule has 2 unspecified atom stereocenters. The van der Waals surface area contributed by atoms with Crippen LogP contribution in [-0.4, -0.2) is 18.6 Å². The molecular formula is C7H10N2O2. The maximum absolute atomic E-state index is 11.0. The Bertz CT molecular complexity index is 245. The molecule has 4 heteroatoms. The SMILES string of the molecule is COC(=O)C1(N)CC1(C)C#N. The summed E-state index contributed by atoms with van der Waals surface area (Å²) in [7, 11) is 1.27. The summed E-state index contributed by atoms with van der Waals surface area (Å²) in [6.07, 6.45) is 0.392. The molecule has 0 radical (unpaired) electrons. The average molecular weight is 154 g/mol. The van der Waals surface area contributed by atoms with Crippen molar-refractivity contribution in [3.8, 4) is 6.07 Å². The fourth-order valence-corrected chi connectivity index (χ4v) is 1.13. The van der Waals surface area contributed by atoms with E-state index in [1.165, 1.54) is 7.11 Å². The minimum Gasteiger partial charge on any atom is -0.468 e. The van der Waals surface area contributed by atoms with Gasteiger partial charge >= 0.3 is 5.97 Å². The summed E-state index contributed by atoms with van der Waals surface area (Å²) in [6.45, 7) is 1.66. The first kappa shape index (κ1) is 8.02. The van der Waals surface area contributed by atoms with Gasteiger partial charge in [-0.05, 0) is 13.3 Å². The van der Waals surface area contributed by atoms with Crippen LogP contribution in [-0.2, 0) is 9.53 Å². The second-order valence-corrected chi connectivity index (χ2v) is 3.08. The maximum Gasteiger partial charge on any atom is 0.327 e. The molecule has 0 amide bonds. The van der Waals surface area contributed by atoms with Gasteiger partial charge in [-0.2, -0.15) is 5.26 Å². The second kappa shape index (κ2) is 1.95. The third-order valence-corrected chi connectivity index (χ3v) is 2.29. The number of nitriles is 1. The highest BCUT2D eigenvalue weighted by atomic mass is 16.5. The summed E-state index contributed by atoms with van der Waals surface area (Å²) >= 11 is 0. The zero-order chi connectivity index (χ0) is 8.70. The molecule has 0 heterocycles. The van der Waals surface area contributed by atoms with Crippen LogP contribution < -0.4 is 5.73 Å². The van der Waals surface area contributed by atoms with Gasteiger partial charge < -0.3 is 10.5 Å². The Hall–Kier alpha value is -1.08. The third kappa shape index (κ3) is 0.813. The number of hydrogen-bond donors (Lipinski definition) is 1. The lowest BCUT2D eigenvalue weighted by Crippen LogP contribution is -2.39. The van der Waals surface area contributed by atoms with Crippen molar-refractivity contribution in [3.05, 3.63) is 0 Å². The first-order valence-corrected chi connectivity index (χ1v) is 3.29. The van der Waals surface area contributed by atoms with E-state index in [4.69, 9.17) is 11.0 Å². The molecule has 60 valence electrons.